The Hall–Kier alpha value is -1.29. The first-order valence-electron chi connectivity index (χ1n) is 6.99. The van der Waals surface area contributed by atoms with Gasteiger partial charge in [0.25, 0.3) is 0 Å². The highest BCUT2D eigenvalue weighted by atomic mass is 16.5. The molecule has 19 heavy (non-hydrogen) atoms. The lowest BCUT2D eigenvalue weighted by molar-refractivity contribution is 0.317. The number of nitrogens with one attached hydrogen (secondary N) is 1. The molecule has 1 aromatic rings. The van der Waals surface area contributed by atoms with Crippen molar-refractivity contribution in [3.05, 3.63) is 18.3 Å². The summed E-state index contributed by atoms with van der Waals surface area (Å²) < 4.78 is 5.65. The van der Waals surface area contributed by atoms with Crippen molar-refractivity contribution in [3.8, 4) is 5.75 Å². The largest absolute Gasteiger partial charge is 0.490 e. The van der Waals surface area contributed by atoms with Crippen LogP contribution in [0.4, 0.5) is 5.82 Å². The van der Waals surface area contributed by atoms with Crippen molar-refractivity contribution in [2.24, 2.45) is 11.1 Å². The lowest BCUT2D eigenvalue weighted by Gasteiger charge is -2.23. The molecule has 0 aliphatic rings. The van der Waals surface area contributed by atoms with Crippen molar-refractivity contribution in [2.45, 2.75) is 46.6 Å². The second-order valence-electron chi connectivity index (χ2n) is 6.10. The number of nitrogens with two attached hydrogens (primary N) is 1. The Kier molecular flexibility index (Phi) is 6.09. The van der Waals surface area contributed by atoms with Crippen LogP contribution in [-0.2, 0) is 0 Å². The molecule has 1 heterocycles. The number of hydrogen-bond donors (Lipinski definition) is 2. The van der Waals surface area contributed by atoms with E-state index in [1.807, 2.05) is 12.1 Å². The quantitative estimate of drug-likeness (QED) is 0.795. The number of rotatable bonds is 7. The van der Waals surface area contributed by atoms with Crippen LogP contribution in [-0.4, -0.2) is 24.2 Å². The molecule has 0 aromatic carbocycles. The molecule has 0 saturated heterocycles. The van der Waals surface area contributed by atoms with Crippen LogP contribution in [0.2, 0.25) is 0 Å². The average Bonchev–Trinajstić information content (AvgIpc) is 2.32. The van der Waals surface area contributed by atoms with Crippen molar-refractivity contribution < 1.29 is 4.74 Å². The lowest BCUT2D eigenvalue weighted by atomic mass is 9.88. The van der Waals surface area contributed by atoms with Crippen LogP contribution in [0.25, 0.3) is 0 Å². The highest BCUT2D eigenvalue weighted by Gasteiger charge is 2.16. The molecule has 1 aromatic heterocycles. The maximum atomic E-state index is 6.13. The van der Waals surface area contributed by atoms with Crippen molar-refractivity contribution in [1.82, 2.24) is 4.98 Å². The van der Waals surface area contributed by atoms with Gasteiger partial charge in [-0.25, -0.2) is 4.98 Å². The fourth-order valence-corrected chi connectivity index (χ4v) is 1.94. The maximum Gasteiger partial charge on any atom is 0.168 e. The molecule has 0 amide bonds. The molecule has 0 spiro atoms. The van der Waals surface area contributed by atoms with E-state index in [-0.39, 0.29) is 11.5 Å². The zero-order valence-corrected chi connectivity index (χ0v) is 12.6. The molecule has 4 nitrogen and oxygen atoms in total. The molecule has 1 unspecified atom stereocenters. The van der Waals surface area contributed by atoms with Crippen LogP contribution in [0, 0.1) is 5.41 Å². The standard InChI is InChI=1S/C15H27N3O/c1-5-9-19-13-7-6-8-17-14(13)18-11-12(16)10-15(2,3)4/h6-8,12H,5,9-11,16H2,1-4H3,(H,17,18). The van der Waals surface area contributed by atoms with Crippen molar-refractivity contribution in [3.63, 3.8) is 0 Å². The summed E-state index contributed by atoms with van der Waals surface area (Å²) in [6.45, 7) is 10.1. The number of pyridine rings is 1. The Bertz CT molecular complexity index is 374. The molecule has 0 bridgehead atoms. The van der Waals surface area contributed by atoms with Crippen LogP contribution in [0.1, 0.15) is 40.5 Å². The first-order valence-corrected chi connectivity index (χ1v) is 6.99. The van der Waals surface area contributed by atoms with Gasteiger partial charge in [0.15, 0.2) is 11.6 Å². The van der Waals surface area contributed by atoms with Gasteiger partial charge in [-0.2, -0.15) is 0 Å². The molecule has 4 heteroatoms. The summed E-state index contributed by atoms with van der Waals surface area (Å²) in [6.07, 6.45) is 3.71. The monoisotopic (exact) mass is 265 g/mol. The Morgan fingerprint density at radius 3 is 2.79 bits per heavy atom. The Balaban J connectivity index is 2.52. The number of nitrogens with zero attached hydrogens (tertiary/aromatic N) is 1. The molecule has 0 aliphatic carbocycles. The smallest absolute Gasteiger partial charge is 0.168 e. The van der Waals surface area contributed by atoms with Gasteiger partial charge in [-0.15, -0.1) is 0 Å². The fourth-order valence-electron chi connectivity index (χ4n) is 1.94. The van der Waals surface area contributed by atoms with Gasteiger partial charge in [-0.3, -0.25) is 0 Å². The topological polar surface area (TPSA) is 60.2 Å². The van der Waals surface area contributed by atoms with E-state index in [1.54, 1.807) is 6.20 Å². The zero-order valence-electron chi connectivity index (χ0n) is 12.6. The van der Waals surface area contributed by atoms with E-state index in [4.69, 9.17) is 10.5 Å². The predicted molar refractivity (Wildman–Crippen MR) is 80.6 cm³/mol. The van der Waals surface area contributed by atoms with Gasteiger partial charge in [-0.05, 0) is 30.4 Å². The molecule has 1 rings (SSSR count). The van der Waals surface area contributed by atoms with E-state index in [1.165, 1.54) is 0 Å². The predicted octanol–water partition coefficient (Wildman–Crippen LogP) is 3.05. The van der Waals surface area contributed by atoms with Crippen LogP contribution >= 0.6 is 0 Å². The van der Waals surface area contributed by atoms with Crippen molar-refractivity contribution in [2.75, 3.05) is 18.5 Å². The van der Waals surface area contributed by atoms with Gasteiger partial charge < -0.3 is 15.8 Å². The first kappa shape index (κ1) is 15.8. The van der Waals surface area contributed by atoms with E-state index in [2.05, 4.69) is 38.0 Å². The summed E-state index contributed by atoms with van der Waals surface area (Å²) in [5.74, 6) is 1.58. The minimum absolute atomic E-state index is 0.112. The Morgan fingerprint density at radius 1 is 1.42 bits per heavy atom. The molecule has 1 atom stereocenters. The summed E-state index contributed by atoms with van der Waals surface area (Å²) >= 11 is 0. The van der Waals surface area contributed by atoms with E-state index < -0.39 is 0 Å². The van der Waals surface area contributed by atoms with Gasteiger partial charge in [0.05, 0.1) is 6.61 Å². The third-order valence-electron chi connectivity index (χ3n) is 2.64. The number of hydrogen-bond acceptors (Lipinski definition) is 4. The third kappa shape index (κ3) is 6.43. The average molecular weight is 265 g/mol. The second kappa shape index (κ2) is 7.34. The normalized spacial score (nSPS) is 13.1. The molecule has 108 valence electrons. The van der Waals surface area contributed by atoms with Crippen molar-refractivity contribution >= 4 is 5.82 Å². The molecule has 0 saturated carbocycles. The highest BCUT2D eigenvalue weighted by molar-refractivity contribution is 5.49. The highest BCUT2D eigenvalue weighted by Crippen LogP contribution is 2.23. The first-order chi connectivity index (χ1) is 8.92. The molecule has 0 fully saturated rings. The van der Waals surface area contributed by atoms with E-state index >= 15 is 0 Å². The number of aromatic nitrogens is 1. The van der Waals surface area contributed by atoms with Gasteiger partial charge >= 0.3 is 0 Å². The van der Waals surface area contributed by atoms with Crippen LogP contribution in [0.3, 0.4) is 0 Å². The summed E-state index contributed by atoms with van der Waals surface area (Å²) in [4.78, 5) is 4.31. The van der Waals surface area contributed by atoms with E-state index in [0.717, 1.165) is 24.4 Å². The van der Waals surface area contributed by atoms with E-state index in [9.17, 15) is 0 Å². The molecular formula is C15H27N3O. The molecule has 0 aliphatic heterocycles. The zero-order chi connectivity index (χ0) is 14.3. The lowest BCUT2D eigenvalue weighted by Crippen LogP contribution is -2.33. The molecule has 3 N–H and O–H groups in total. The van der Waals surface area contributed by atoms with Crippen LogP contribution < -0.4 is 15.8 Å². The van der Waals surface area contributed by atoms with Crippen LogP contribution in [0.15, 0.2) is 18.3 Å². The number of anilines is 1. The SMILES string of the molecule is CCCOc1cccnc1NCC(N)CC(C)(C)C. The maximum absolute atomic E-state index is 6.13. The van der Waals surface area contributed by atoms with Gasteiger partial charge in [0, 0.05) is 18.8 Å². The van der Waals surface area contributed by atoms with Crippen LogP contribution in [0.5, 0.6) is 5.75 Å². The Morgan fingerprint density at radius 2 is 2.16 bits per heavy atom. The molecule has 0 radical (unpaired) electrons. The van der Waals surface area contributed by atoms with Gasteiger partial charge in [0.1, 0.15) is 0 Å². The molecular weight excluding hydrogens is 238 g/mol. The van der Waals surface area contributed by atoms with Gasteiger partial charge in [-0.1, -0.05) is 27.7 Å². The Labute approximate surface area is 116 Å². The van der Waals surface area contributed by atoms with Gasteiger partial charge in [0.2, 0.25) is 0 Å². The summed E-state index contributed by atoms with van der Waals surface area (Å²) in [7, 11) is 0. The van der Waals surface area contributed by atoms with E-state index in [0.29, 0.717) is 13.2 Å². The fraction of sp³-hybridized carbons (Fsp3) is 0.667. The number of ether oxygens (including phenoxy) is 1. The third-order valence-corrected chi connectivity index (χ3v) is 2.64. The summed E-state index contributed by atoms with van der Waals surface area (Å²) in [5.41, 5.74) is 6.37. The van der Waals surface area contributed by atoms with Crippen molar-refractivity contribution in [1.29, 1.82) is 0 Å². The summed E-state index contributed by atoms with van der Waals surface area (Å²) in [5, 5.41) is 3.28. The summed E-state index contributed by atoms with van der Waals surface area (Å²) in [6, 6.07) is 3.92. The minimum atomic E-state index is 0.112. The second-order valence-corrected chi connectivity index (χ2v) is 6.10. The minimum Gasteiger partial charge on any atom is -0.490 e.